The second-order valence-electron chi connectivity index (χ2n) is 6.44. The van der Waals surface area contributed by atoms with Crippen molar-refractivity contribution in [1.82, 2.24) is 4.57 Å². The molecule has 0 spiro atoms. The minimum absolute atomic E-state index is 0.0421. The maximum absolute atomic E-state index is 12.8. The molecule has 1 aliphatic carbocycles. The number of nitrogens with zero attached hydrogens (tertiary/aromatic N) is 1. The normalized spacial score (nSPS) is 14.2. The van der Waals surface area contributed by atoms with Gasteiger partial charge in [0.1, 0.15) is 0 Å². The molecule has 0 bridgehead atoms. The van der Waals surface area contributed by atoms with Crippen LogP contribution in [0, 0.1) is 0 Å². The lowest BCUT2D eigenvalue weighted by atomic mass is 9.94. The van der Waals surface area contributed by atoms with Gasteiger partial charge in [0.2, 0.25) is 0 Å². The quantitative estimate of drug-likeness (QED) is 0.944. The molecular formula is C19H24N2O. The van der Waals surface area contributed by atoms with Crippen LogP contribution < -0.4 is 11.3 Å². The van der Waals surface area contributed by atoms with E-state index in [1.54, 1.807) is 0 Å². The van der Waals surface area contributed by atoms with Crippen LogP contribution >= 0.6 is 0 Å². The van der Waals surface area contributed by atoms with E-state index >= 15 is 0 Å². The summed E-state index contributed by atoms with van der Waals surface area (Å²) in [6.07, 6.45) is 4.37. The summed E-state index contributed by atoms with van der Waals surface area (Å²) in [4.78, 5) is 12.8. The fourth-order valence-electron chi connectivity index (χ4n) is 3.29. The van der Waals surface area contributed by atoms with Gasteiger partial charge in [-0.05, 0) is 60.9 Å². The highest BCUT2D eigenvalue weighted by Gasteiger charge is 2.18. The van der Waals surface area contributed by atoms with Crippen molar-refractivity contribution in [1.29, 1.82) is 0 Å². The van der Waals surface area contributed by atoms with E-state index in [0.29, 0.717) is 18.0 Å². The summed E-state index contributed by atoms with van der Waals surface area (Å²) in [5, 5.41) is 0. The molecule has 1 aromatic heterocycles. The fraction of sp³-hybridized carbons (Fsp3) is 0.421. The first-order valence-corrected chi connectivity index (χ1v) is 8.19. The van der Waals surface area contributed by atoms with Crippen LogP contribution in [0.3, 0.4) is 0 Å². The van der Waals surface area contributed by atoms with Crippen LogP contribution in [-0.4, -0.2) is 4.57 Å². The lowest BCUT2D eigenvalue weighted by Gasteiger charge is -2.22. The summed E-state index contributed by atoms with van der Waals surface area (Å²) in [5.74, 6) is 0.495. The molecule has 0 atom stereocenters. The Labute approximate surface area is 131 Å². The third-order valence-electron chi connectivity index (χ3n) is 4.61. The van der Waals surface area contributed by atoms with E-state index in [0.717, 1.165) is 24.9 Å². The standard InChI is InChI=1S/C19H24N2O/c1-13(2)14-7-9-17(10-8-14)21-18-6-4-3-5-15(18)11-16(12-20)19(21)22/h7-11,13H,3-6,12,20H2,1-2H3. The molecule has 0 radical (unpaired) electrons. The van der Waals surface area contributed by atoms with Crippen molar-refractivity contribution in [3.05, 3.63) is 63.1 Å². The van der Waals surface area contributed by atoms with Gasteiger partial charge in [-0.3, -0.25) is 9.36 Å². The fourth-order valence-corrected chi connectivity index (χ4v) is 3.29. The highest BCUT2D eigenvalue weighted by Crippen LogP contribution is 2.24. The summed E-state index contributed by atoms with van der Waals surface area (Å²) in [6.45, 7) is 4.66. The number of benzene rings is 1. The van der Waals surface area contributed by atoms with Gasteiger partial charge >= 0.3 is 0 Å². The smallest absolute Gasteiger partial charge is 0.259 e. The van der Waals surface area contributed by atoms with E-state index < -0.39 is 0 Å². The molecule has 3 nitrogen and oxygen atoms in total. The minimum atomic E-state index is 0.0421. The molecule has 22 heavy (non-hydrogen) atoms. The average Bonchev–Trinajstić information content (AvgIpc) is 2.54. The van der Waals surface area contributed by atoms with Gasteiger partial charge in [-0.15, -0.1) is 0 Å². The third kappa shape index (κ3) is 2.61. The summed E-state index contributed by atoms with van der Waals surface area (Å²) >= 11 is 0. The maximum atomic E-state index is 12.8. The van der Waals surface area contributed by atoms with Crippen LogP contribution in [0.25, 0.3) is 5.69 Å². The minimum Gasteiger partial charge on any atom is -0.326 e. The van der Waals surface area contributed by atoms with Gasteiger partial charge in [-0.1, -0.05) is 26.0 Å². The number of hydrogen-bond acceptors (Lipinski definition) is 2. The lowest BCUT2D eigenvalue weighted by molar-refractivity contribution is 0.640. The van der Waals surface area contributed by atoms with Crippen LogP contribution in [0.2, 0.25) is 0 Å². The van der Waals surface area contributed by atoms with E-state index in [9.17, 15) is 4.79 Å². The molecule has 0 unspecified atom stereocenters. The van der Waals surface area contributed by atoms with Crippen molar-refractivity contribution in [3.63, 3.8) is 0 Å². The Hall–Kier alpha value is -1.87. The number of pyridine rings is 1. The van der Waals surface area contributed by atoms with Crippen LogP contribution in [0.15, 0.2) is 35.1 Å². The molecule has 0 amide bonds. The average molecular weight is 296 g/mol. The Kier molecular flexibility index (Phi) is 4.16. The second kappa shape index (κ2) is 6.09. The van der Waals surface area contributed by atoms with Gasteiger partial charge in [0.05, 0.1) is 0 Å². The summed E-state index contributed by atoms with van der Waals surface area (Å²) < 4.78 is 1.89. The van der Waals surface area contributed by atoms with Gasteiger partial charge in [0.25, 0.3) is 5.56 Å². The summed E-state index contributed by atoms with van der Waals surface area (Å²) in [7, 11) is 0. The molecule has 0 fully saturated rings. The molecule has 3 rings (SSSR count). The Balaban J connectivity index is 2.18. The Morgan fingerprint density at radius 2 is 1.82 bits per heavy atom. The monoisotopic (exact) mass is 296 g/mol. The predicted octanol–water partition coefficient (Wildman–Crippen LogP) is 3.30. The zero-order chi connectivity index (χ0) is 15.7. The zero-order valence-electron chi connectivity index (χ0n) is 13.4. The third-order valence-corrected chi connectivity index (χ3v) is 4.61. The van der Waals surface area contributed by atoms with Gasteiger partial charge in [-0.25, -0.2) is 0 Å². The number of rotatable bonds is 3. The molecule has 0 saturated heterocycles. The summed E-state index contributed by atoms with van der Waals surface area (Å²) in [6, 6.07) is 10.4. The van der Waals surface area contributed by atoms with E-state index in [4.69, 9.17) is 5.73 Å². The van der Waals surface area contributed by atoms with Crippen molar-refractivity contribution in [2.45, 2.75) is 52.0 Å². The summed E-state index contributed by atoms with van der Waals surface area (Å²) in [5.41, 5.74) is 11.3. The second-order valence-corrected chi connectivity index (χ2v) is 6.44. The number of aryl methyl sites for hydroxylation is 1. The van der Waals surface area contributed by atoms with Gasteiger partial charge < -0.3 is 5.73 Å². The van der Waals surface area contributed by atoms with Crippen molar-refractivity contribution in [2.24, 2.45) is 5.73 Å². The molecule has 2 aromatic rings. The van der Waals surface area contributed by atoms with Crippen LogP contribution in [0.4, 0.5) is 0 Å². The van der Waals surface area contributed by atoms with Crippen LogP contribution in [0.5, 0.6) is 0 Å². The largest absolute Gasteiger partial charge is 0.326 e. The van der Waals surface area contributed by atoms with Gasteiger partial charge in [0.15, 0.2) is 0 Å². The first-order valence-electron chi connectivity index (χ1n) is 8.19. The van der Waals surface area contributed by atoms with Crippen molar-refractivity contribution < 1.29 is 0 Å². The molecule has 1 heterocycles. The molecule has 1 aromatic carbocycles. The highest BCUT2D eigenvalue weighted by molar-refractivity contribution is 5.41. The van der Waals surface area contributed by atoms with Gasteiger partial charge in [0, 0.05) is 23.5 Å². The first kappa shape index (κ1) is 15.0. The molecule has 1 aliphatic rings. The van der Waals surface area contributed by atoms with Crippen LogP contribution in [0.1, 0.15) is 55.0 Å². The van der Waals surface area contributed by atoms with E-state index in [2.05, 4.69) is 38.1 Å². The van der Waals surface area contributed by atoms with Crippen molar-refractivity contribution in [2.75, 3.05) is 0 Å². The number of hydrogen-bond donors (Lipinski definition) is 1. The number of fused-ring (bicyclic) bond motifs is 1. The van der Waals surface area contributed by atoms with E-state index in [1.807, 2.05) is 10.6 Å². The molecular weight excluding hydrogens is 272 g/mol. The van der Waals surface area contributed by atoms with Gasteiger partial charge in [-0.2, -0.15) is 0 Å². The SMILES string of the molecule is CC(C)c1ccc(-n2c3c(cc(CN)c2=O)CCCC3)cc1. The molecule has 0 saturated carbocycles. The van der Waals surface area contributed by atoms with Crippen LogP contribution in [-0.2, 0) is 19.4 Å². The van der Waals surface area contributed by atoms with E-state index in [-0.39, 0.29) is 5.56 Å². The number of aromatic nitrogens is 1. The Bertz CT molecular complexity index is 726. The van der Waals surface area contributed by atoms with Crippen molar-refractivity contribution in [3.8, 4) is 5.69 Å². The highest BCUT2D eigenvalue weighted by atomic mass is 16.1. The maximum Gasteiger partial charge on any atom is 0.259 e. The molecule has 116 valence electrons. The number of nitrogens with two attached hydrogens (primary N) is 1. The molecule has 3 heteroatoms. The predicted molar refractivity (Wildman–Crippen MR) is 90.7 cm³/mol. The Morgan fingerprint density at radius 3 is 2.45 bits per heavy atom. The molecule has 0 aliphatic heterocycles. The topological polar surface area (TPSA) is 48.0 Å². The first-order chi connectivity index (χ1) is 10.6. The molecule has 2 N–H and O–H groups in total. The Morgan fingerprint density at radius 1 is 1.14 bits per heavy atom. The van der Waals surface area contributed by atoms with Crippen molar-refractivity contribution >= 4 is 0 Å². The lowest BCUT2D eigenvalue weighted by Crippen LogP contribution is -2.29. The zero-order valence-corrected chi connectivity index (χ0v) is 13.4. The van der Waals surface area contributed by atoms with E-state index in [1.165, 1.54) is 23.2 Å².